The van der Waals surface area contributed by atoms with Crippen molar-refractivity contribution in [2.75, 3.05) is 37.9 Å². The number of hydrogen-bond donors (Lipinski definition) is 1. The molecular formula is C33H34N2O9S. The largest absolute Gasteiger partial charge is 0.507 e. The number of rotatable bonds is 12. The molecule has 1 amide bonds. The number of aliphatic hydroxyl groups excluding tert-OH is 1. The summed E-state index contributed by atoms with van der Waals surface area (Å²) in [7, 11) is 0. The van der Waals surface area contributed by atoms with E-state index in [0.717, 1.165) is 24.2 Å². The molecule has 0 saturated carbocycles. The number of ketones is 1. The average Bonchev–Trinajstić information content (AvgIpc) is 3.56. The van der Waals surface area contributed by atoms with Crippen molar-refractivity contribution < 1.29 is 43.2 Å². The van der Waals surface area contributed by atoms with E-state index in [2.05, 4.69) is 18.5 Å². The van der Waals surface area contributed by atoms with Crippen LogP contribution in [-0.4, -0.2) is 60.8 Å². The first kappa shape index (κ1) is 31.6. The predicted octanol–water partition coefficient (Wildman–Crippen LogP) is 5.77. The molecule has 0 spiro atoms. The van der Waals surface area contributed by atoms with E-state index in [1.54, 1.807) is 43.3 Å². The second-order valence-corrected chi connectivity index (χ2v) is 11.1. The lowest BCUT2D eigenvalue weighted by molar-refractivity contribution is -0.132. The van der Waals surface area contributed by atoms with Gasteiger partial charge in [-0.15, -0.1) is 0 Å². The van der Waals surface area contributed by atoms with Crippen molar-refractivity contribution in [1.29, 1.82) is 0 Å². The molecule has 1 fully saturated rings. The van der Waals surface area contributed by atoms with Crippen LogP contribution in [0, 0.1) is 6.92 Å². The normalized spacial score (nSPS) is 16.9. The Balaban J connectivity index is 1.66. The van der Waals surface area contributed by atoms with Gasteiger partial charge in [-0.2, -0.15) is 0 Å². The Bertz CT molecular complexity index is 1660. The van der Waals surface area contributed by atoms with Gasteiger partial charge in [-0.1, -0.05) is 43.4 Å². The number of amides is 1. The number of esters is 1. The van der Waals surface area contributed by atoms with Crippen LogP contribution in [0.4, 0.5) is 5.13 Å². The lowest BCUT2D eigenvalue weighted by atomic mass is 9.95. The minimum Gasteiger partial charge on any atom is -0.507 e. The van der Waals surface area contributed by atoms with Gasteiger partial charge in [-0.05, 0) is 56.2 Å². The fourth-order valence-corrected chi connectivity index (χ4v) is 5.96. The number of nitrogens with zero attached hydrogens (tertiary/aromatic N) is 2. The van der Waals surface area contributed by atoms with Gasteiger partial charge in [0.1, 0.15) is 30.5 Å². The Labute approximate surface area is 264 Å². The summed E-state index contributed by atoms with van der Waals surface area (Å²) in [5.74, 6) is -1.04. The zero-order valence-electron chi connectivity index (χ0n) is 25.3. The van der Waals surface area contributed by atoms with Crippen molar-refractivity contribution >= 4 is 39.9 Å². The van der Waals surface area contributed by atoms with Crippen LogP contribution in [0.15, 0.2) is 54.6 Å². The van der Waals surface area contributed by atoms with Crippen LogP contribution in [0.1, 0.15) is 59.2 Å². The molecule has 0 radical (unpaired) electrons. The summed E-state index contributed by atoms with van der Waals surface area (Å²) in [5.41, 5.74) is 0.882. The highest BCUT2D eigenvalue weighted by Gasteiger charge is 2.49. The first-order chi connectivity index (χ1) is 21.8. The van der Waals surface area contributed by atoms with E-state index in [9.17, 15) is 19.5 Å². The lowest BCUT2D eigenvalue weighted by Gasteiger charge is -2.24. The molecule has 0 aliphatic carbocycles. The van der Waals surface area contributed by atoms with Crippen LogP contribution in [-0.2, 0) is 14.3 Å². The van der Waals surface area contributed by atoms with Crippen molar-refractivity contribution in [3.8, 4) is 23.0 Å². The number of benzene rings is 2. The topological polar surface area (TPSA) is 134 Å². The van der Waals surface area contributed by atoms with Crippen molar-refractivity contribution in [3.63, 3.8) is 0 Å². The van der Waals surface area contributed by atoms with Crippen molar-refractivity contribution in [2.45, 2.75) is 39.7 Å². The summed E-state index contributed by atoms with van der Waals surface area (Å²) in [4.78, 5) is 46.1. The van der Waals surface area contributed by atoms with Crippen LogP contribution in [0.5, 0.6) is 23.0 Å². The Morgan fingerprint density at radius 1 is 1.11 bits per heavy atom. The number of carbonyl (C=O) groups is 3. The Morgan fingerprint density at radius 3 is 2.62 bits per heavy atom. The number of aliphatic hydroxyl groups is 1. The lowest BCUT2D eigenvalue weighted by Crippen LogP contribution is -2.29. The zero-order valence-corrected chi connectivity index (χ0v) is 26.1. The summed E-state index contributed by atoms with van der Waals surface area (Å²) >= 11 is 0.915. The zero-order chi connectivity index (χ0) is 32.1. The molecular weight excluding hydrogens is 600 g/mol. The summed E-state index contributed by atoms with van der Waals surface area (Å²) in [6.07, 6.45) is 3.24. The molecule has 2 aliphatic rings. The van der Waals surface area contributed by atoms with E-state index in [4.69, 9.17) is 23.7 Å². The van der Waals surface area contributed by atoms with Crippen LogP contribution in [0.2, 0.25) is 0 Å². The molecule has 1 saturated heterocycles. The molecule has 12 heteroatoms. The number of Topliss-reactive ketones (excluding diaryl/α,β-unsaturated/α-hetero) is 1. The second-order valence-electron chi connectivity index (χ2n) is 10.2. The highest BCUT2D eigenvalue weighted by Crippen LogP contribution is 2.46. The number of unbranched alkanes of at least 4 members (excludes halogenated alkanes) is 1. The fraction of sp³-hybridized carbons (Fsp3) is 0.333. The maximum absolute atomic E-state index is 13.8. The third-order valence-corrected chi connectivity index (χ3v) is 8.24. The molecule has 5 rings (SSSR count). The number of hydrogen-bond acceptors (Lipinski definition) is 11. The number of aryl methyl sites for hydroxylation is 1. The van der Waals surface area contributed by atoms with Crippen molar-refractivity contribution in [1.82, 2.24) is 4.98 Å². The smallest absolute Gasteiger partial charge is 0.350 e. The molecule has 1 atom stereocenters. The van der Waals surface area contributed by atoms with E-state index in [0.29, 0.717) is 60.7 Å². The van der Waals surface area contributed by atoms with E-state index in [1.165, 1.54) is 11.0 Å². The standard InChI is InChI=1S/C33H34N2O9S/c1-5-8-14-41-22-11-9-20(17-24(22)40-7-3)27-26(28(36)21-10-12-23-25(18-21)43-16-15-42-23)29(37)31(38)35(27)33-34-19(4)30(45-33)32(39)44-13-6-2/h6,9-12,17-18,27,36H,2,5,7-8,13-16H2,1,3-4H3. The number of thiazole rings is 1. The summed E-state index contributed by atoms with van der Waals surface area (Å²) in [5, 5.41) is 11.7. The van der Waals surface area contributed by atoms with E-state index in [1.807, 2.05) is 6.92 Å². The SMILES string of the molecule is C=CCOC(=O)c1sc(N2C(=O)C(=O)C(=C(O)c3ccc4c(c3)OCCO4)C2c2ccc(OCCCC)c(OCC)c2)nc1C. The summed E-state index contributed by atoms with van der Waals surface area (Å²) in [6, 6.07) is 8.78. The number of ether oxygens (including phenoxy) is 5. The molecule has 1 aromatic heterocycles. The predicted molar refractivity (Wildman–Crippen MR) is 168 cm³/mol. The Hall–Kier alpha value is -4.84. The minimum atomic E-state index is -1.12. The van der Waals surface area contributed by atoms with Crippen LogP contribution >= 0.6 is 11.3 Å². The second kappa shape index (κ2) is 13.9. The highest BCUT2D eigenvalue weighted by atomic mass is 32.1. The number of anilines is 1. The van der Waals surface area contributed by atoms with Gasteiger partial charge in [0.25, 0.3) is 5.78 Å². The maximum Gasteiger partial charge on any atom is 0.350 e. The van der Waals surface area contributed by atoms with Crippen LogP contribution in [0.3, 0.4) is 0 Å². The molecule has 3 aromatic rings. The van der Waals surface area contributed by atoms with Crippen LogP contribution in [0.25, 0.3) is 5.76 Å². The maximum atomic E-state index is 13.8. The van der Waals surface area contributed by atoms with E-state index >= 15 is 0 Å². The van der Waals surface area contributed by atoms with Gasteiger partial charge in [-0.3, -0.25) is 14.5 Å². The van der Waals surface area contributed by atoms with Gasteiger partial charge in [0, 0.05) is 5.56 Å². The van der Waals surface area contributed by atoms with E-state index < -0.39 is 29.5 Å². The first-order valence-corrected chi connectivity index (χ1v) is 15.5. The fourth-order valence-electron chi connectivity index (χ4n) is 4.97. The minimum absolute atomic E-state index is 0.00155. The van der Waals surface area contributed by atoms with Gasteiger partial charge < -0.3 is 28.8 Å². The van der Waals surface area contributed by atoms with E-state index in [-0.39, 0.29) is 27.8 Å². The molecule has 2 aromatic carbocycles. The van der Waals surface area contributed by atoms with Crippen LogP contribution < -0.4 is 23.8 Å². The van der Waals surface area contributed by atoms with Crippen molar-refractivity contribution in [3.05, 3.63) is 76.3 Å². The van der Waals surface area contributed by atoms with Gasteiger partial charge in [-0.25, -0.2) is 9.78 Å². The highest BCUT2D eigenvalue weighted by molar-refractivity contribution is 7.17. The molecule has 45 heavy (non-hydrogen) atoms. The molecule has 0 bridgehead atoms. The monoisotopic (exact) mass is 634 g/mol. The molecule has 11 nitrogen and oxygen atoms in total. The van der Waals surface area contributed by atoms with Gasteiger partial charge in [0.05, 0.1) is 30.5 Å². The summed E-state index contributed by atoms with van der Waals surface area (Å²) in [6.45, 7) is 10.6. The molecule has 1 N–H and O–H groups in total. The number of aromatic nitrogens is 1. The van der Waals surface area contributed by atoms with Gasteiger partial charge in [0.2, 0.25) is 0 Å². The first-order valence-electron chi connectivity index (χ1n) is 14.6. The molecule has 236 valence electrons. The average molecular weight is 635 g/mol. The number of fused-ring (bicyclic) bond motifs is 1. The Kier molecular flexibility index (Phi) is 9.72. The molecule has 1 unspecified atom stereocenters. The molecule has 3 heterocycles. The third kappa shape index (κ3) is 6.37. The summed E-state index contributed by atoms with van der Waals surface area (Å²) < 4.78 is 28.3. The third-order valence-electron chi connectivity index (χ3n) is 7.11. The Morgan fingerprint density at radius 2 is 1.89 bits per heavy atom. The number of carbonyl (C=O) groups excluding carboxylic acids is 3. The van der Waals surface area contributed by atoms with Gasteiger partial charge >= 0.3 is 11.9 Å². The quantitative estimate of drug-likeness (QED) is 0.0654. The van der Waals surface area contributed by atoms with Crippen molar-refractivity contribution in [2.24, 2.45) is 0 Å². The molecule has 2 aliphatic heterocycles. The van der Waals surface area contributed by atoms with Gasteiger partial charge in [0.15, 0.2) is 28.1 Å².